The summed E-state index contributed by atoms with van der Waals surface area (Å²) in [6.45, 7) is 5.07. The molecule has 2 aromatic carbocycles. The number of hydrogen-bond acceptors (Lipinski definition) is 7. The molecule has 6 N–H and O–H groups in total. The molecule has 4 rings (SSSR count). The Morgan fingerprint density at radius 3 is 2.27 bits per heavy atom. The average Bonchev–Trinajstić information content (AvgIpc) is 3.25. The number of alkyl carbamates (subject to hydrolysis) is 1. The zero-order valence-electron chi connectivity index (χ0n) is 27.7. The molecule has 13 nitrogen and oxygen atoms in total. The molecule has 2 fully saturated rings. The van der Waals surface area contributed by atoms with E-state index in [2.05, 4.69) is 10.6 Å². The fourth-order valence-corrected chi connectivity index (χ4v) is 6.31. The lowest BCUT2D eigenvalue weighted by Gasteiger charge is -2.32. The second kappa shape index (κ2) is 15.8. The van der Waals surface area contributed by atoms with Crippen molar-refractivity contribution in [2.75, 3.05) is 13.2 Å². The highest BCUT2D eigenvalue weighted by Gasteiger charge is 2.58. The number of urea groups is 1. The summed E-state index contributed by atoms with van der Waals surface area (Å²) in [6.07, 6.45) is 4.38. The summed E-state index contributed by atoms with van der Waals surface area (Å²) in [7, 11) is 0. The van der Waals surface area contributed by atoms with Crippen molar-refractivity contribution in [1.29, 1.82) is 5.41 Å². The number of benzene rings is 2. The van der Waals surface area contributed by atoms with Crippen LogP contribution in [0.15, 0.2) is 54.6 Å². The zero-order chi connectivity index (χ0) is 35.0. The lowest BCUT2D eigenvalue weighted by atomic mass is 9.88. The molecule has 1 heterocycles. The van der Waals surface area contributed by atoms with Gasteiger partial charge in [0.2, 0.25) is 5.91 Å². The fourth-order valence-electron chi connectivity index (χ4n) is 6.31. The van der Waals surface area contributed by atoms with E-state index in [4.69, 9.17) is 15.9 Å². The van der Waals surface area contributed by atoms with Crippen molar-refractivity contribution in [2.24, 2.45) is 17.6 Å². The molecule has 13 heteroatoms. The second-order valence-corrected chi connectivity index (χ2v) is 13.1. The molecule has 1 aliphatic heterocycles. The Labute approximate surface area is 280 Å². The topological polar surface area (TPSA) is 195 Å². The van der Waals surface area contributed by atoms with Crippen molar-refractivity contribution in [3.63, 3.8) is 0 Å². The van der Waals surface area contributed by atoms with Crippen LogP contribution in [0.5, 0.6) is 0 Å². The summed E-state index contributed by atoms with van der Waals surface area (Å²) >= 11 is 0. The largest absolute Gasteiger partial charge is 0.480 e. The van der Waals surface area contributed by atoms with E-state index >= 15 is 0 Å². The van der Waals surface area contributed by atoms with E-state index in [0.717, 1.165) is 42.6 Å². The molecule has 1 saturated carbocycles. The summed E-state index contributed by atoms with van der Waals surface area (Å²) in [6, 6.07) is 12.2. The Morgan fingerprint density at radius 2 is 1.69 bits per heavy atom. The third-order valence-corrected chi connectivity index (χ3v) is 9.11. The first-order valence-electron chi connectivity index (χ1n) is 16.4. The van der Waals surface area contributed by atoms with Crippen LogP contribution in [0.3, 0.4) is 0 Å². The Morgan fingerprint density at radius 1 is 1.04 bits per heavy atom. The number of rotatable bonds is 14. The predicted octanol–water partition coefficient (Wildman–Crippen LogP) is 3.94. The van der Waals surface area contributed by atoms with Gasteiger partial charge in [0.15, 0.2) is 0 Å². The molecule has 1 saturated heterocycles. The van der Waals surface area contributed by atoms with E-state index in [0.29, 0.717) is 11.1 Å². The minimum atomic E-state index is -1.52. The van der Waals surface area contributed by atoms with Gasteiger partial charge in [-0.25, -0.2) is 19.3 Å². The highest BCUT2D eigenvalue weighted by Crippen LogP contribution is 2.40. The molecule has 2 aliphatic rings. The number of hydrogen-bond donors (Lipinski definition) is 5. The first-order valence-corrected chi connectivity index (χ1v) is 16.4. The van der Waals surface area contributed by atoms with Gasteiger partial charge in [0, 0.05) is 18.7 Å². The molecular weight excluding hydrogens is 616 g/mol. The number of imide groups is 1. The van der Waals surface area contributed by atoms with Crippen LogP contribution in [-0.4, -0.2) is 75.9 Å². The zero-order valence-corrected chi connectivity index (χ0v) is 27.7. The third-order valence-electron chi connectivity index (χ3n) is 9.11. The minimum Gasteiger partial charge on any atom is -0.480 e. The van der Waals surface area contributed by atoms with Gasteiger partial charge in [-0.15, -0.1) is 0 Å². The first-order chi connectivity index (χ1) is 22.8. The second-order valence-electron chi connectivity index (χ2n) is 13.1. The normalized spacial score (nSPS) is 19.6. The quantitative estimate of drug-likeness (QED) is 0.114. The van der Waals surface area contributed by atoms with Gasteiger partial charge in [-0.3, -0.25) is 15.0 Å². The van der Waals surface area contributed by atoms with Crippen molar-refractivity contribution in [2.45, 2.75) is 83.5 Å². The van der Waals surface area contributed by atoms with Crippen LogP contribution in [0.1, 0.15) is 76.0 Å². The first kappa shape index (κ1) is 35.9. The van der Waals surface area contributed by atoms with Gasteiger partial charge in [0.05, 0.1) is 6.61 Å². The Hall–Kier alpha value is -4.94. The highest BCUT2D eigenvalue weighted by atomic mass is 16.5. The van der Waals surface area contributed by atoms with Crippen LogP contribution >= 0.6 is 0 Å². The molecule has 1 aliphatic carbocycles. The van der Waals surface area contributed by atoms with Crippen LogP contribution in [0.25, 0.3) is 0 Å². The van der Waals surface area contributed by atoms with Gasteiger partial charge in [-0.1, -0.05) is 87.7 Å². The fraction of sp³-hybridized carbons (Fsp3) is 0.486. The molecular formula is C35H46N6O7. The predicted molar refractivity (Wildman–Crippen MR) is 178 cm³/mol. The van der Waals surface area contributed by atoms with Crippen molar-refractivity contribution >= 4 is 35.7 Å². The van der Waals surface area contributed by atoms with Crippen molar-refractivity contribution < 1.29 is 33.8 Å². The lowest BCUT2D eigenvalue weighted by Crippen LogP contribution is -2.55. The van der Waals surface area contributed by atoms with Gasteiger partial charge < -0.3 is 31.1 Å². The van der Waals surface area contributed by atoms with Crippen LogP contribution in [0.4, 0.5) is 9.59 Å². The number of nitrogens with one attached hydrogen (secondary N) is 3. The molecule has 0 aromatic heterocycles. The molecule has 48 heavy (non-hydrogen) atoms. The SMILES string of the molecule is CC(C)CC(C(=O)NC[C@H](NC(=O)OCC1CCCCC1)C(=O)O)N1C(=O)N(Cc2ccccc2)[C@@](C)(c2ccc(C(=N)N)cc2)C1=O. The van der Waals surface area contributed by atoms with Gasteiger partial charge >= 0.3 is 18.1 Å². The number of nitrogens with two attached hydrogens (primary N) is 1. The number of carboxylic acids is 1. The number of amidine groups is 1. The van der Waals surface area contributed by atoms with E-state index in [9.17, 15) is 29.1 Å². The number of nitrogen functional groups attached to an aromatic ring is 1. The Kier molecular flexibility index (Phi) is 11.8. The maximum Gasteiger partial charge on any atom is 0.407 e. The van der Waals surface area contributed by atoms with Crippen molar-refractivity contribution in [3.8, 4) is 0 Å². The Bertz CT molecular complexity index is 1490. The summed E-state index contributed by atoms with van der Waals surface area (Å²) in [5, 5.41) is 22.4. The Balaban J connectivity index is 1.56. The van der Waals surface area contributed by atoms with Crippen LogP contribution in [0.2, 0.25) is 0 Å². The molecule has 1 unspecified atom stereocenters. The third kappa shape index (κ3) is 8.31. The molecule has 258 valence electrons. The van der Waals surface area contributed by atoms with Gasteiger partial charge in [0.25, 0.3) is 5.91 Å². The van der Waals surface area contributed by atoms with Gasteiger partial charge in [-0.05, 0) is 49.1 Å². The summed E-state index contributed by atoms with van der Waals surface area (Å²) in [4.78, 5) is 69.3. The molecule has 0 bridgehead atoms. The van der Waals surface area contributed by atoms with Crippen LogP contribution in [-0.2, 0) is 31.2 Å². The van der Waals surface area contributed by atoms with Crippen molar-refractivity contribution in [1.82, 2.24) is 20.4 Å². The molecule has 0 spiro atoms. The number of aliphatic carboxylic acids is 1. The highest BCUT2D eigenvalue weighted by molar-refractivity contribution is 6.10. The van der Waals surface area contributed by atoms with E-state index in [1.54, 1.807) is 31.2 Å². The maximum absolute atomic E-state index is 14.4. The number of carboxylic acid groups (broad SMARTS) is 1. The van der Waals surface area contributed by atoms with Gasteiger partial charge in [0.1, 0.15) is 23.5 Å². The monoisotopic (exact) mass is 662 g/mol. The van der Waals surface area contributed by atoms with Gasteiger partial charge in [-0.2, -0.15) is 0 Å². The summed E-state index contributed by atoms with van der Waals surface area (Å²) in [5.41, 5.74) is 5.80. The van der Waals surface area contributed by atoms with Crippen LogP contribution < -0.4 is 16.4 Å². The molecule has 5 amide bonds. The number of amides is 5. The number of nitrogens with zero attached hydrogens (tertiary/aromatic N) is 2. The molecule has 0 radical (unpaired) electrons. The number of carbonyl (C=O) groups is 5. The van der Waals surface area contributed by atoms with E-state index in [1.165, 1.54) is 4.90 Å². The molecule has 2 aromatic rings. The van der Waals surface area contributed by atoms with E-state index in [1.807, 2.05) is 44.2 Å². The smallest absolute Gasteiger partial charge is 0.407 e. The van der Waals surface area contributed by atoms with Crippen molar-refractivity contribution in [3.05, 3.63) is 71.3 Å². The summed E-state index contributed by atoms with van der Waals surface area (Å²) in [5.74, 6) is -2.78. The average molecular weight is 663 g/mol. The number of carbonyl (C=O) groups excluding carboxylic acids is 4. The standard InChI is InChI=1S/C35H46N6O7/c1-22(2)18-28(30(42)38-19-27(31(43)44)39-33(46)48-21-24-12-8-5-9-13-24)41-32(45)35(3,26-16-14-25(15-17-26)29(36)37)40(34(41)47)20-23-10-6-4-7-11-23/h4,6-7,10-11,14-17,22,24,27-28H,5,8-9,12-13,18-21H2,1-3H3,(H3,36,37)(H,38,42)(H,39,46)(H,43,44)/t27-,28?,35-/m0/s1. The minimum absolute atomic E-state index is 0.0663. The molecule has 3 atom stereocenters. The summed E-state index contributed by atoms with van der Waals surface area (Å²) < 4.78 is 5.28. The van der Waals surface area contributed by atoms with Crippen LogP contribution in [0, 0.1) is 17.2 Å². The maximum atomic E-state index is 14.4. The van der Waals surface area contributed by atoms with E-state index in [-0.39, 0.29) is 37.2 Å². The lowest BCUT2D eigenvalue weighted by molar-refractivity contribution is -0.141. The number of ether oxygens (including phenoxy) is 1. The van der Waals surface area contributed by atoms with E-state index < -0.39 is 54.1 Å².